The summed E-state index contributed by atoms with van der Waals surface area (Å²) in [5, 5.41) is 0. The summed E-state index contributed by atoms with van der Waals surface area (Å²) in [4.78, 5) is 0. The van der Waals surface area contributed by atoms with Gasteiger partial charge in [-0.25, -0.2) is 8.93 Å². The van der Waals surface area contributed by atoms with E-state index in [0.717, 1.165) is 15.8 Å². The lowest BCUT2D eigenvalue weighted by atomic mass is 10.1. The molecular weight excluding hydrogens is 314 g/mol. The van der Waals surface area contributed by atoms with Crippen molar-refractivity contribution in [2.24, 2.45) is 0 Å². The van der Waals surface area contributed by atoms with Crippen LogP contribution < -0.4 is 9.46 Å². The second kappa shape index (κ2) is 6.17. The topological polar surface area (TPSA) is 38.3 Å². The molecule has 0 amide bonds. The van der Waals surface area contributed by atoms with Gasteiger partial charge in [-0.15, -0.1) is 0 Å². The Morgan fingerprint density at radius 1 is 1.39 bits per heavy atom. The highest BCUT2D eigenvalue weighted by molar-refractivity contribution is 9.10. The molecule has 2 atom stereocenters. The fraction of sp³-hybridized carbons (Fsp3) is 0.538. The molecule has 1 N–H and O–H groups in total. The third-order valence-electron chi connectivity index (χ3n) is 2.50. The number of nitrogens with one attached hydrogen (secondary N) is 1. The predicted molar refractivity (Wildman–Crippen MR) is 80.1 cm³/mol. The molecule has 0 heterocycles. The SMILES string of the molecule is COc1cc(Br)ccc1[C@H](C)N[S@@](=O)C(C)(C)C. The van der Waals surface area contributed by atoms with Gasteiger partial charge in [-0.1, -0.05) is 22.0 Å². The van der Waals surface area contributed by atoms with Crippen LogP contribution in [0.4, 0.5) is 0 Å². The molecule has 0 radical (unpaired) electrons. The van der Waals surface area contributed by atoms with E-state index >= 15 is 0 Å². The predicted octanol–water partition coefficient (Wildman–Crippen LogP) is 3.57. The first-order chi connectivity index (χ1) is 8.25. The van der Waals surface area contributed by atoms with Gasteiger partial charge in [-0.2, -0.15) is 0 Å². The van der Waals surface area contributed by atoms with E-state index in [1.807, 2.05) is 45.9 Å². The number of benzene rings is 1. The van der Waals surface area contributed by atoms with E-state index in [2.05, 4.69) is 20.7 Å². The summed E-state index contributed by atoms with van der Waals surface area (Å²) in [6.07, 6.45) is 0. The molecule has 3 nitrogen and oxygen atoms in total. The van der Waals surface area contributed by atoms with Crippen LogP contribution in [0.2, 0.25) is 0 Å². The van der Waals surface area contributed by atoms with Crippen LogP contribution in [0.25, 0.3) is 0 Å². The monoisotopic (exact) mass is 333 g/mol. The van der Waals surface area contributed by atoms with E-state index in [0.29, 0.717) is 0 Å². The highest BCUT2D eigenvalue weighted by Crippen LogP contribution is 2.29. The Morgan fingerprint density at radius 3 is 2.50 bits per heavy atom. The third kappa shape index (κ3) is 4.07. The van der Waals surface area contributed by atoms with Crippen LogP contribution in [-0.4, -0.2) is 16.1 Å². The van der Waals surface area contributed by atoms with Gasteiger partial charge in [0.05, 0.1) is 22.8 Å². The smallest absolute Gasteiger partial charge is 0.124 e. The van der Waals surface area contributed by atoms with Gasteiger partial charge in [0.25, 0.3) is 0 Å². The minimum atomic E-state index is -1.10. The molecule has 1 aromatic carbocycles. The van der Waals surface area contributed by atoms with Crippen molar-refractivity contribution in [2.75, 3.05) is 7.11 Å². The van der Waals surface area contributed by atoms with Gasteiger partial charge >= 0.3 is 0 Å². The first-order valence-electron chi connectivity index (χ1n) is 5.77. The standard InChI is InChI=1S/C13H20BrNO2S/c1-9(15-18(16)13(2,3)4)11-7-6-10(14)8-12(11)17-5/h6-9,15H,1-5H3/t9-,18-/m0/s1. The molecule has 0 saturated carbocycles. The summed E-state index contributed by atoms with van der Waals surface area (Å²) in [6.45, 7) is 7.82. The minimum absolute atomic E-state index is 0.0342. The van der Waals surface area contributed by atoms with Gasteiger partial charge in [0.1, 0.15) is 5.75 Å². The fourth-order valence-corrected chi connectivity index (χ4v) is 2.59. The lowest BCUT2D eigenvalue weighted by Crippen LogP contribution is -2.34. The number of hydrogen-bond donors (Lipinski definition) is 1. The average molecular weight is 334 g/mol. The Balaban J connectivity index is 2.91. The average Bonchev–Trinajstić information content (AvgIpc) is 2.27. The van der Waals surface area contributed by atoms with Crippen LogP contribution in [-0.2, 0) is 11.0 Å². The van der Waals surface area contributed by atoms with Crippen molar-refractivity contribution in [3.8, 4) is 5.75 Å². The first-order valence-corrected chi connectivity index (χ1v) is 7.71. The Kier molecular flexibility index (Phi) is 5.37. The highest BCUT2D eigenvalue weighted by Gasteiger charge is 2.22. The Morgan fingerprint density at radius 2 is 2.00 bits per heavy atom. The number of ether oxygens (including phenoxy) is 1. The second-order valence-electron chi connectivity index (χ2n) is 5.11. The molecular formula is C13H20BrNO2S. The lowest BCUT2D eigenvalue weighted by molar-refractivity contribution is 0.405. The molecule has 0 fully saturated rings. The molecule has 1 rings (SSSR count). The molecule has 0 aliphatic heterocycles. The lowest BCUT2D eigenvalue weighted by Gasteiger charge is -2.23. The quantitative estimate of drug-likeness (QED) is 0.914. The Bertz CT molecular complexity index is 443. The van der Waals surface area contributed by atoms with Gasteiger partial charge in [0.15, 0.2) is 0 Å². The zero-order valence-corrected chi connectivity index (χ0v) is 13.8. The van der Waals surface area contributed by atoms with Crippen molar-refractivity contribution in [3.63, 3.8) is 0 Å². The van der Waals surface area contributed by atoms with Crippen LogP contribution >= 0.6 is 15.9 Å². The molecule has 5 heteroatoms. The second-order valence-corrected chi connectivity index (χ2v) is 8.02. The van der Waals surface area contributed by atoms with Crippen molar-refractivity contribution >= 4 is 26.9 Å². The summed E-state index contributed by atoms with van der Waals surface area (Å²) in [5.41, 5.74) is 0.998. The van der Waals surface area contributed by atoms with Crippen molar-refractivity contribution in [1.82, 2.24) is 4.72 Å². The Hall–Kier alpha value is -0.390. The number of methoxy groups -OCH3 is 1. The van der Waals surface area contributed by atoms with Crippen molar-refractivity contribution < 1.29 is 8.95 Å². The summed E-state index contributed by atoms with van der Waals surface area (Å²) >= 11 is 3.41. The first kappa shape index (κ1) is 15.7. The van der Waals surface area contributed by atoms with E-state index < -0.39 is 11.0 Å². The van der Waals surface area contributed by atoms with E-state index in [4.69, 9.17) is 4.74 Å². The number of rotatable bonds is 4. The molecule has 18 heavy (non-hydrogen) atoms. The maximum atomic E-state index is 12.1. The van der Waals surface area contributed by atoms with Gasteiger partial charge in [-0.05, 0) is 39.8 Å². The van der Waals surface area contributed by atoms with Crippen molar-refractivity contribution in [1.29, 1.82) is 0 Å². The van der Waals surface area contributed by atoms with Gasteiger partial charge in [-0.3, -0.25) is 0 Å². The normalized spacial score (nSPS) is 15.2. The summed E-state index contributed by atoms with van der Waals surface area (Å²) in [6, 6.07) is 5.80. The molecule has 0 saturated heterocycles. The van der Waals surface area contributed by atoms with E-state index in [1.165, 1.54) is 0 Å². The number of halogens is 1. The zero-order valence-electron chi connectivity index (χ0n) is 11.4. The summed E-state index contributed by atoms with van der Waals surface area (Å²) in [7, 11) is 0.537. The molecule has 0 aromatic heterocycles. The molecule has 0 bridgehead atoms. The Labute approximate surface area is 120 Å². The molecule has 0 spiro atoms. The van der Waals surface area contributed by atoms with Crippen LogP contribution in [0.5, 0.6) is 5.75 Å². The third-order valence-corrected chi connectivity index (χ3v) is 4.68. The molecule has 102 valence electrons. The van der Waals surface area contributed by atoms with E-state index in [-0.39, 0.29) is 10.8 Å². The summed E-state index contributed by atoms with van der Waals surface area (Å²) < 4.78 is 21.2. The maximum absolute atomic E-state index is 12.1. The van der Waals surface area contributed by atoms with Crippen LogP contribution in [0.15, 0.2) is 22.7 Å². The van der Waals surface area contributed by atoms with Gasteiger partial charge in [0.2, 0.25) is 0 Å². The fourth-order valence-electron chi connectivity index (χ4n) is 1.44. The van der Waals surface area contributed by atoms with Crippen LogP contribution in [0, 0.1) is 0 Å². The van der Waals surface area contributed by atoms with Crippen molar-refractivity contribution in [2.45, 2.75) is 38.5 Å². The zero-order chi connectivity index (χ0) is 13.9. The molecule has 0 aliphatic rings. The van der Waals surface area contributed by atoms with Crippen molar-refractivity contribution in [3.05, 3.63) is 28.2 Å². The number of hydrogen-bond acceptors (Lipinski definition) is 2. The van der Waals surface area contributed by atoms with Crippen LogP contribution in [0.1, 0.15) is 39.3 Å². The minimum Gasteiger partial charge on any atom is -0.496 e. The van der Waals surface area contributed by atoms with Gasteiger partial charge in [0, 0.05) is 16.1 Å². The largest absolute Gasteiger partial charge is 0.496 e. The van der Waals surface area contributed by atoms with Crippen LogP contribution in [0.3, 0.4) is 0 Å². The van der Waals surface area contributed by atoms with E-state index in [9.17, 15) is 4.21 Å². The molecule has 0 aliphatic carbocycles. The van der Waals surface area contributed by atoms with E-state index in [1.54, 1.807) is 7.11 Å². The molecule has 0 unspecified atom stereocenters. The maximum Gasteiger partial charge on any atom is 0.124 e. The summed E-state index contributed by atoms with van der Waals surface area (Å²) in [5.74, 6) is 0.787. The van der Waals surface area contributed by atoms with Gasteiger partial charge < -0.3 is 4.74 Å². The molecule has 1 aromatic rings. The highest BCUT2D eigenvalue weighted by atomic mass is 79.9.